The molecule has 130 valence electrons. The molecule has 5 heteroatoms. The van der Waals surface area contributed by atoms with Crippen molar-refractivity contribution in [2.75, 3.05) is 5.32 Å². The highest BCUT2D eigenvalue weighted by Gasteiger charge is 2.38. The summed E-state index contributed by atoms with van der Waals surface area (Å²) in [5.74, 6) is -0.116. The van der Waals surface area contributed by atoms with Gasteiger partial charge in [-0.2, -0.15) is 0 Å². The molecule has 0 aliphatic carbocycles. The zero-order chi connectivity index (χ0) is 18.1. The minimum Gasteiger partial charge on any atom is -0.322 e. The lowest BCUT2D eigenvalue weighted by molar-refractivity contribution is -0.113. The van der Waals surface area contributed by atoms with E-state index >= 15 is 0 Å². The number of nitrogens with one attached hydrogen (secondary N) is 1. The van der Waals surface area contributed by atoms with Gasteiger partial charge in [-0.15, -0.1) is 0 Å². The molecule has 2 aliphatic heterocycles. The minimum atomic E-state index is -0.182. The van der Waals surface area contributed by atoms with Crippen LogP contribution in [0.5, 0.6) is 0 Å². The number of amides is 1. The maximum Gasteiger partial charge on any atom is 0.255 e. The maximum atomic E-state index is 13.2. The Morgan fingerprint density at radius 3 is 2.38 bits per heavy atom. The number of nitrogens with zero attached hydrogens (tertiary/aromatic N) is 2. The summed E-state index contributed by atoms with van der Waals surface area (Å²) in [6.45, 7) is 3.97. The summed E-state index contributed by atoms with van der Waals surface area (Å²) in [7, 11) is 0. The number of thioether (sulfide) groups is 1. The Morgan fingerprint density at radius 2 is 1.69 bits per heavy atom. The molecule has 4 nitrogen and oxygen atoms in total. The van der Waals surface area contributed by atoms with Crippen molar-refractivity contribution >= 4 is 28.5 Å². The fourth-order valence-electron chi connectivity index (χ4n) is 3.29. The number of hydrogen-bond acceptors (Lipinski definition) is 4. The van der Waals surface area contributed by atoms with Crippen molar-refractivity contribution in [1.29, 1.82) is 0 Å². The Hall–Kier alpha value is -2.79. The van der Waals surface area contributed by atoms with Crippen LogP contribution < -0.4 is 5.32 Å². The lowest BCUT2D eigenvalue weighted by Crippen LogP contribution is -2.37. The SMILES string of the molecule is CC1=CSC2=NC(C)=C(C(=O)Nc3ccccc3)[C@H](c3ccccc3)N12. The molecule has 1 atom stereocenters. The summed E-state index contributed by atoms with van der Waals surface area (Å²) in [5, 5.41) is 6.02. The molecule has 0 saturated carbocycles. The summed E-state index contributed by atoms with van der Waals surface area (Å²) >= 11 is 1.60. The highest BCUT2D eigenvalue weighted by molar-refractivity contribution is 8.16. The van der Waals surface area contributed by atoms with Crippen LogP contribution in [-0.4, -0.2) is 16.0 Å². The molecular formula is C21H19N3OS. The van der Waals surface area contributed by atoms with Crippen molar-refractivity contribution in [2.24, 2.45) is 4.99 Å². The van der Waals surface area contributed by atoms with Gasteiger partial charge < -0.3 is 10.2 Å². The molecule has 2 aromatic carbocycles. The molecule has 0 radical (unpaired) electrons. The molecule has 0 unspecified atom stereocenters. The molecule has 2 aromatic rings. The number of benzene rings is 2. The molecule has 4 rings (SSSR count). The van der Waals surface area contributed by atoms with Crippen LogP contribution in [0, 0.1) is 0 Å². The first kappa shape index (κ1) is 16.7. The first-order valence-corrected chi connectivity index (χ1v) is 9.36. The third-order valence-electron chi connectivity index (χ3n) is 4.50. The number of anilines is 1. The third kappa shape index (κ3) is 2.95. The topological polar surface area (TPSA) is 44.7 Å². The van der Waals surface area contributed by atoms with Gasteiger partial charge in [-0.25, -0.2) is 4.99 Å². The Labute approximate surface area is 157 Å². The zero-order valence-corrected chi connectivity index (χ0v) is 15.5. The predicted octanol–water partition coefficient (Wildman–Crippen LogP) is 4.92. The molecular weight excluding hydrogens is 342 g/mol. The number of fused-ring (bicyclic) bond motifs is 1. The molecule has 0 aromatic heterocycles. The van der Waals surface area contributed by atoms with E-state index in [1.165, 1.54) is 0 Å². The molecule has 0 fully saturated rings. The summed E-state index contributed by atoms with van der Waals surface area (Å²) in [4.78, 5) is 20.0. The summed E-state index contributed by atoms with van der Waals surface area (Å²) in [5.41, 5.74) is 4.39. The minimum absolute atomic E-state index is 0.116. The fraction of sp³-hybridized carbons (Fsp3) is 0.143. The van der Waals surface area contributed by atoms with Gasteiger partial charge in [0, 0.05) is 11.4 Å². The first-order chi connectivity index (χ1) is 12.6. The van der Waals surface area contributed by atoms with Crippen LogP contribution in [0.25, 0.3) is 0 Å². The first-order valence-electron chi connectivity index (χ1n) is 8.48. The number of carbonyl (C=O) groups excluding carboxylic acids is 1. The second-order valence-corrected chi connectivity index (χ2v) is 7.11. The van der Waals surface area contributed by atoms with Crippen LogP contribution in [0.2, 0.25) is 0 Å². The lowest BCUT2D eigenvalue weighted by Gasteiger charge is -2.36. The van der Waals surface area contributed by atoms with Crippen molar-refractivity contribution in [1.82, 2.24) is 4.90 Å². The number of para-hydroxylation sites is 1. The van der Waals surface area contributed by atoms with Crippen molar-refractivity contribution in [3.8, 4) is 0 Å². The van der Waals surface area contributed by atoms with Crippen LogP contribution in [-0.2, 0) is 4.79 Å². The van der Waals surface area contributed by atoms with Crippen LogP contribution in [0.1, 0.15) is 25.5 Å². The van der Waals surface area contributed by atoms with E-state index in [1.807, 2.05) is 55.5 Å². The molecule has 1 N–H and O–H groups in total. The smallest absolute Gasteiger partial charge is 0.255 e. The maximum absolute atomic E-state index is 13.2. The van der Waals surface area contributed by atoms with Crippen molar-refractivity contribution in [2.45, 2.75) is 19.9 Å². The lowest BCUT2D eigenvalue weighted by atomic mass is 9.93. The fourth-order valence-corrected chi connectivity index (χ4v) is 4.23. The summed E-state index contributed by atoms with van der Waals surface area (Å²) in [6, 6.07) is 19.5. The number of amidine groups is 1. The van der Waals surface area contributed by atoms with Gasteiger partial charge >= 0.3 is 0 Å². The normalized spacial score (nSPS) is 19.0. The molecule has 0 saturated heterocycles. The average molecular weight is 361 g/mol. The van der Waals surface area contributed by atoms with E-state index in [0.29, 0.717) is 5.57 Å². The van der Waals surface area contributed by atoms with Crippen molar-refractivity contribution in [3.63, 3.8) is 0 Å². The van der Waals surface area contributed by atoms with Gasteiger partial charge in [-0.1, -0.05) is 60.3 Å². The molecule has 0 spiro atoms. The van der Waals surface area contributed by atoms with E-state index in [1.54, 1.807) is 11.8 Å². The molecule has 26 heavy (non-hydrogen) atoms. The Balaban J connectivity index is 1.78. The molecule has 2 aliphatic rings. The van der Waals surface area contributed by atoms with E-state index in [4.69, 9.17) is 0 Å². The second kappa shape index (κ2) is 6.84. The van der Waals surface area contributed by atoms with Crippen molar-refractivity contribution in [3.05, 3.63) is 88.6 Å². The summed E-state index contributed by atoms with van der Waals surface area (Å²) in [6.07, 6.45) is 0. The number of carbonyl (C=O) groups is 1. The largest absolute Gasteiger partial charge is 0.322 e. The van der Waals surface area contributed by atoms with E-state index in [0.717, 1.165) is 27.8 Å². The molecule has 2 heterocycles. The quantitative estimate of drug-likeness (QED) is 0.844. The van der Waals surface area contributed by atoms with Crippen LogP contribution in [0.4, 0.5) is 5.69 Å². The van der Waals surface area contributed by atoms with E-state index in [9.17, 15) is 4.79 Å². The second-order valence-electron chi connectivity index (χ2n) is 6.27. The van der Waals surface area contributed by atoms with Gasteiger partial charge in [0.2, 0.25) is 0 Å². The molecule has 0 bridgehead atoms. The zero-order valence-electron chi connectivity index (χ0n) is 14.6. The average Bonchev–Trinajstić information content (AvgIpc) is 3.02. The highest BCUT2D eigenvalue weighted by Crippen LogP contribution is 2.43. The van der Waals surface area contributed by atoms with Gasteiger partial charge in [-0.3, -0.25) is 4.79 Å². The Morgan fingerprint density at radius 1 is 1.04 bits per heavy atom. The third-order valence-corrected chi connectivity index (χ3v) is 5.46. The van der Waals surface area contributed by atoms with Gasteiger partial charge in [0.1, 0.15) is 0 Å². The Kier molecular flexibility index (Phi) is 4.39. The summed E-state index contributed by atoms with van der Waals surface area (Å²) < 4.78 is 0. The monoisotopic (exact) mass is 361 g/mol. The van der Waals surface area contributed by atoms with E-state index in [-0.39, 0.29) is 11.9 Å². The van der Waals surface area contributed by atoms with Crippen molar-refractivity contribution < 1.29 is 4.79 Å². The van der Waals surface area contributed by atoms with Gasteiger partial charge in [-0.05, 0) is 37.0 Å². The van der Waals surface area contributed by atoms with Crippen LogP contribution in [0.3, 0.4) is 0 Å². The standard InChI is InChI=1S/C21H19N3OS/c1-14-13-26-21-22-15(2)18(20(25)23-17-11-7-4-8-12-17)19(24(14)21)16-9-5-3-6-10-16/h3-13,19H,1-2H3,(H,23,25)/t19-/m0/s1. The van der Waals surface area contributed by atoms with Crippen LogP contribution >= 0.6 is 11.8 Å². The number of hydrogen-bond donors (Lipinski definition) is 1. The van der Waals surface area contributed by atoms with E-state index in [2.05, 4.69) is 39.7 Å². The van der Waals surface area contributed by atoms with Gasteiger partial charge in [0.25, 0.3) is 5.91 Å². The van der Waals surface area contributed by atoms with Gasteiger partial charge in [0.15, 0.2) is 5.17 Å². The number of allylic oxidation sites excluding steroid dienone is 2. The number of aliphatic imine (C=N–C) groups is 1. The number of rotatable bonds is 3. The van der Waals surface area contributed by atoms with Crippen LogP contribution in [0.15, 0.2) is 88.0 Å². The van der Waals surface area contributed by atoms with Gasteiger partial charge in [0.05, 0.1) is 17.3 Å². The Bertz CT molecular complexity index is 932. The molecule has 1 amide bonds. The predicted molar refractivity (Wildman–Crippen MR) is 108 cm³/mol. The van der Waals surface area contributed by atoms with E-state index < -0.39 is 0 Å². The highest BCUT2D eigenvalue weighted by atomic mass is 32.2.